The minimum Gasteiger partial charge on any atom is -0.495 e. The monoisotopic (exact) mass is 602 g/mol. The number of aliphatic hydroxyl groups excluding tert-OH is 1. The third-order valence-electron chi connectivity index (χ3n) is 5.04. The van der Waals surface area contributed by atoms with E-state index in [9.17, 15) is 30.1 Å². The molecule has 0 aliphatic heterocycles. The highest BCUT2D eigenvalue weighted by Gasteiger charge is 2.24. The van der Waals surface area contributed by atoms with Crippen LogP contribution in [0.4, 0.5) is 34.1 Å². The number of nitrogens with zero attached hydrogens (tertiary/aromatic N) is 4. The number of non-ortho nitro benzene ring substituents is 1. The average molecular weight is 603 g/mol. The zero-order valence-corrected chi connectivity index (χ0v) is 22.2. The maximum Gasteiger partial charge on any atom is 0.304 e. The Morgan fingerprint density at radius 2 is 1.79 bits per heavy atom. The van der Waals surface area contributed by atoms with Crippen LogP contribution >= 0.6 is 15.9 Å². The number of methoxy groups -OCH3 is 1. The predicted octanol–water partition coefficient (Wildman–Crippen LogP) is 5.50. The zero-order chi connectivity index (χ0) is 28.5. The number of halogens is 1. The number of para-hydroxylation sites is 1. The molecule has 1 atom stereocenters. The summed E-state index contributed by atoms with van der Waals surface area (Å²) >= 11 is 3.07. The summed E-state index contributed by atoms with van der Waals surface area (Å²) in [7, 11) is 1.40. The second kappa shape index (κ2) is 13.3. The Morgan fingerprint density at radius 3 is 2.41 bits per heavy atom. The van der Waals surface area contributed by atoms with Gasteiger partial charge in [-0.15, -0.1) is 10.2 Å². The fourth-order valence-corrected chi connectivity index (χ4v) is 3.78. The molecule has 1 unspecified atom stereocenters. The van der Waals surface area contributed by atoms with Gasteiger partial charge in [-0.05, 0) is 34.1 Å². The van der Waals surface area contributed by atoms with Crippen LogP contribution in [0.15, 0.2) is 69.3 Å². The molecule has 3 aromatic rings. The molecule has 0 radical (unpaired) electrons. The molecular weight excluding hydrogens is 580 g/mol. The summed E-state index contributed by atoms with van der Waals surface area (Å²) in [6.07, 6.45) is -0.890. The number of hydrogen-bond acceptors (Lipinski definition) is 11. The molecule has 3 rings (SSSR count). The summed E-state index contributed by atoms with van der Waals surface area (Å²) in [6.45, 7) is 1.37. The van der Waals surface area contributed by atoms with E-state index < -0.39 is 33.2 Å². The number of rotatable bonds is 12. The number of anilines is 2. The van der Waals surface area contributed by atoms with Gasteiger partial charge in [-0.25, -0.2) is 0 Å². The lowest BCUT2D eigenvalue weighted by molar-refractivity contribution is -0.393. The van der Waals surface area contributed by atoms with Crippen LogP contribution < -0.4 is 20.1 Å². The van der Waals surface area contributed by atoms with Crippen LogP contribution in [-0.4, -0.2) is 47.2 Å². The highest BCUT2D eigenvalue weighted by atomic mass is 79.9. The summed E-state index contributed by atoms with van der Waals surface area (Å²) in [6, 6.07) is 13.8. The lowest BCUT2D eigenvalue weighted by Crippen LogP contribution is -2.26. The molecule has 3 N–H and O–H groups in total. The number of aliphatic hydroxyl groups is 1. The van der Waals surface area contributed by atoms with Crippen molar-refractivity contribution < 1.29 is 29.2 Å². The highest BCUT2D eigenvalue weighted by molar-refractivity contribution is 9.10. The first-order chi connectivity index (χ1) is 18.6. The molecule has 1 amide bonds. The SMILES string of the molecule is COc1cc(N=Nc2c(Br)cc([N+](=O)[O-])cc2[N+](=O)[O-])c(NC(C)=O)cc1NCC(O)COc1ccccc1. The molecule has 15 heteroatoms. The summed E-state index contributed by atoms with van der Waals surface area (Å²) in [4.78, 5) is 32.9. The Bertz CT molecular complexity index is 1400. The van der Waals surface area contributed by atoms with Crippen molar-refractivity contribution in [3.05, 3.63) is 79.3 Å². The molecule has 0 saturated heterocycles. The standard InChI is InChI=1S/C24H23BrN6O8/c1-14(32)27-19-10-21(26-12-16(33)13-39-17-6-4-3-5-7-17)23(38-2)11-20(19)28-29-24-18(25)8-15(30(34)35)9-22(24)31(36)37/h3-11,16,26,33H,12-13H2,1-2H3,(H,27,32). The van der Waals surface area contributed by atoms with Crippen molar-refractivity contribution in [1.29, 1.82) is 0 Å². The van der Waals surface area contributed by atoms with E-state index >= 15 is 0 Å². The maximum absolute atomic E-state index is 11.8. The number of nitro groups is 2. The van der Waals surface area contributed by atoms with Crippen LogP contribution in [0.5, 0.6) is 11.5 Å². The highest BCUT2D eigenvalue weighted by Crippen LogP contribution is 2.42. The fourth-order valence-electron chi connectivity index (χ4n) is 3.26. The average Bonchev–Trinajstić information content (AvgIpc) is 2.90. The van der Waals surface area contributed by atoms with Gasteiger partial charge in [0.05, 0.1) is 38.9 Å². The lowest BCUT2D eigenvalue weighted by atomic mass is 10.2. The molecule has 0 spiro atoms. The van der Waals surface area contributed by atoms with Crippen molar-refractivity contribution in [2.75, 3.05) is 30.9 Å². The smallest absolute Gasteiger partial charge is 0.304 e. The van der Waals surface area contributed by atoms with Crippen molar-refractivity contribution in [2.24, 2.45) is 10.2 Å². The Balaban J connectivity index is 1.88. The number of ether oxygens (including phenoxy) is 2. The molecule has 0 aromatic heterocycles. The van der Waals surface area contributed by atoms with Gasteiger partial charge in [0.1, 0.15) is 29.9 Å². The minimum absolute atomic E-state index is 0.0209. The van der Waals surface area contributed by atoms with E-state index in [1.54, 1.807) is 12.1 Å². The third-order valence-corrected chi connectivity index (χ3v) is 5.64. The molecule has 0 aliphatic carbocycles. The van der Waals surface area contributed by atoms with Crippen molar-refractivity contribution in [2.45, 2.75) is 13.0 Å². The van der Waals surface area contributed by atoms with Gasteiger partial charge in [-0.2, -0.15) is 0 Å². The number of hydrogen-bond donors (Lipinski definition) is 3. The largest absolute Gasteiger partial charge is 0.495 e. The number of nitro benzene ring substituents is 2. The molecule has 39 heavy (non-hydrogen) atoms. The predicted molar refractivity (Wildman–Crippen MR) is 145 cm³/mol. The second-order valence-electron chi connectivity index (χ2n) is 7.92. The molecule has 14 nitrogen and oxygen atoms in total. The van der Waals surface area contributed by atoms with Crippen LogP contribution in [0.25, 0.3) is 0 Å². The van der Waals surface area contributed by atoms with Gasteiger partial charge < -0.3 is 25.2 Å². The lowest BCUT2D eigenvalue weighted by Gasteiger charge is -2.17. The van der Waals surface area contributed by atoms with Gasteiger partial charge in [0.25, 0.3) is 5.69 Å². The van der Waals surface area contributed by atoms with E-state index in [2.05, 4.69) is 36.8 Å². The van der Waals surface area contributed by atoms with E-state index in [1.807, 2.05) is 18.2 Å². The second-order valence-corrected chi connectivity index (χ2v) is 8.77. The molecule has 204 valence electrons. The molecule has 0 saturated carbocycles. The molecule has 0 bridgehead atoms. The number of azo groups is 1. The Morgan fingerprint density at radius 1 is 1.08 bits per heavy atom. The third kappa shape index (κ3) is 7.93. The van der Waals surface area contributed by atoms with Crippen LogP contribution in [0, 0.1) is 20.2 Å². The number of nitrogens with one attached hydrogen (secondary N) is 2. The van der Waals surface area contributed by atoms with Crippen LogP contribution in [0.2, 0.25) is 0 Å². The van der Waals surface area contributed by atoms with Crippen LogP contribution in [0.1, 0.15) is 6.92 Å². The van der Waals surface area contributed by atoms with Gasteiger partial charge in [0.2, 0.25) is 5.91 Å². The van der Waals surface area contributed by atoms with E-state index in [4.69, 9.17) is 9.47 Å². The first-order valence-corrected chi connectivity index (χ1v) is 12.0. The van der Waals surface area contributed by atoms with Crippen LogP contribution in [0.3, 0.4) is 0 Å². The quantitative estimate of drug-likeness (QED) is 0.136. The minimum atomic E-state index is -0.890. The zero-order valence-electron chi connectivity index (χ0n) is 20.7. The van der Waals surface area contributed by atoms with Gasteiger partial charge in [0, 0.05) is 25.6 Å². The van der Waals surface area contributed by atoms with Crippen molar-refractivity contribution in [3.8, 4) is 11.5 Å². The van der Waals surface area contributed by atoms with Crippen LogP contribution in [-0.2, 0) is 4.79 Å². The van der Waals surface area contributed by atoms with Crippen molar-refractivity contribution >= 4 is 56.0 Å². The van der Waals surface area contributed by atoms with Crippen molar-refractivity contribution in [3.63, 3.8) is 0 Å². The van der Waals surface area contributed by atoms with Gasteiger partial charge in [-0.1, -0.05) is 18.2 Å². The number of amides is 1. The summed E-state index contributed by atoms with van der Waals surface area (Å²) in [5, 5.41) is 46.5. The first kappa shape index (κ1) is 28.9. The number of carbonyl (C=O) groups excluding carboxylic acids is 1. The van der Waals surface area contributed by atoms with Gasteiger partial charge >= 0.3 is 5.69 Å². The fraction of sp³-hybridized carbons (Fsp3) is 0.208. The summed E-state index contributed by atoms with van der Waals surface area (Å²) < 4.78 is 10.9. The number of benzene rings is 3. The van der Waals surface area contributed by atoms with E-state index in [0.29, 0.717) is 11.4 Å². The Kier molecular flexibility index (Phi) is 9.83. The van der Waals surface area contributed by atoms with E-state index in [0.717, 1.165) is 12.1 Å². The summed E-state index contributed by atoms with van der Waals surface area (Å²) in [5.41, 5.74) is -0.730. The normalized spacial score (nSPS) is 11.6. The molecule has 0 fully saturated rings. The van der Waals surface area contributed by atoms with Gasteiger partial charge in [0.15, 0.2) is 5.69 Å². The van der Waals surface area contributed by atoms with E-state index in [1.165, 1.54) is 26.2 Å². The molecular formula is C24H23BrN6O8. The molecule has 0 aliphatic rings. The Hall–Kier alpha value is -4.63. The first-order valence-electron chi connectivity index (χ1n) is 11.2. The number of carbonyl (C=O) groups is 1. The van der Waals surface area contributed by atoms with E-state index in [-0.39, 0.29) is 40.4 Å². The van der Waals surface area contributed by atoms with Crippen molar-refractivity contribution in [1.82, 2.24) is 0 Å². The molecule has 0 heterocycles. The Labute approximate surface area is 230 Å². The summed E-state index contributed by atoms with van der Waals surface area (Å²) in [5.74, 6) is 0.449. The molecule has 3 aromatic carbocycles. The topological polar surface area (TPSA) is 191 Å². The maximum atomic E-state index is 11.8. The van der Waals surface area contributed by atoms with Gasteiger partial charge in [-0.3, -0.25) is 25.0 Å².